The number of anilines is 2. The van der Waals surface area contributed by atoms with E-state index in [0.717, 1.165) is 48.2 Å². The lowest BCUT2D eigenvalue weighted by Crippen LogP contribution is -2.32. The van der Waals surface area contributed by atoms with Crippen molar-refractivity contribution in [3.05, 3.63) is 107 Å². The Hall–Kier alpha value is -4.38. The zero-order valence-electron chi connectivity index (χ0n) is 25.5. The van der Waals surface area contributed by atoms with E-state index in [4.69, 9.17) is 5.73 Å². The van der Waals surface area contributed by atoms with E-state index in [1.165, 1.54) is 40.5 Å². The van der Waals surface area contributed by atoms with Gasteiger partial charge in [0, 0.05) is 34.2 Å². The van der Waals surface area contributed by atoms with Gasteiger partial charge in [-0.2, -0.15) is 0 Å². The van der Waals surface area contributed by atoms with Gasteiger partial charge in [-0.1, -0.05) is 56.2 Å². The van der Waals surface area contributed by atoms with Crippen molar-refractivity contribution in [3.8, 4) is 5.75 Å². The molecule has 0 aromatic heterocycles. The van der Waals surface area contributed by atoms with E-state index in [-0.39, 0.29) is 23.7 Å². The fourth-order valence-electron chi connectivity index (χ4n) is 7.76. The van der Waals surface area contributed by atoms with Crippen molar-refractivity contribution in [2.24, 2.45) is 17.8 Å². The summed E-state index contributed by atoms with van der Waals surface area (Å²) in [7, 11) is 0. The highest BCUT2D eigenvalue weighted by Gasteiger charge is 2.42. The Balaban J connectivity index is 1.07. The lowest BCUT2D eigenvalue weighted by Gasteiger charge is -2.38. The number of amides is 1. The molecule has 4 atom stereocenters. The van der Waals surface area contributed by atoms with Gasteiger partial charge in [-0.25, -0.2) is 0 Å². The predicted octanol–water partition coefficient (Wildman–Crippen LogP) is 8.76. The molecule has 4 aromatic rings. The Morgan fingerprint density at radius 1 is 1.00 bits per heavy atom. The number of aromatic hydroxyl groups is 1. The summed E-state index contributed by atoms with van der Waals surface area (Å²) in [5.74, 6) is 1.61. The van der Waals surface area contributed by atoms with Crippen LogP contribution >= 0.6 is 0 Å². The van der Waals surface area contributed by atoms with Crippen molar-refractivity contribution in [2.45, 2.75) is 64.2 Å². The van der Waals surface area contributed by atoms with Gasteiger partial charge in [0.25, 0.3) is 5.91 Å². The first-order valence-corrected chi connectivity index (χ1v) is 16.0. The van der Waals surface area contributed by atoms with Crippen molar-refractivity contribution in [1.29, 1.82) is 0 Å². The van der Waals surface area contributed by atoms with Gasteiger partial charge in [-0.05, 0) is 126 Å². The summed E-state index contributed by atoms with van der Waals surface area (Å²) in [5, 5.41) is 16.1. The van der Waals surface area contributed by atoms with Gasteiger partial charge in [0.05, 0.1) is 0 Å². The van der Waals surface area contributed by atoms with Crippen molar-refractivity contribution in [3.63, 3.8) is 0 Å². The summed E-state index contributed by atoms with van der Waals surface area (Å²) in [4.78, 5) is 26.8. The largest absolute Gasteiger partial charge is 0.507 e. The maximum Gasteiger partial charge on any atom is 0.255 e. The number of hydrogen-bond acceptors (Lipinski definition) is 4. The average Bonchev–Trinajstić information content (AvgIpc) is 3.70. The van der Waals surface area contributed by atoms with Crippen LogP contribution in [-0.4, -0.2) is 16.8 Å². The molecule has 3 aliphatic rings. The van der Waals surface area contributed by atoms with Gasteiger partial charge in [-0.3, -0.25) is 9.59 Å². The van der Waals surface area contributed by atoms with E-state index in [0.29, 0.717) is 28.7 Å². The second-order valence-corrected chi connectivity index (χ2v) is 13.3. The second kappa shape index (κ2) is 11.3. The van der Waals surface area contributed by atoms with E-state index in [1.54, 1.807) is 24.3 Å². The van der Waals surface area contributed by atoms with Gasteiger partial charge in [0.1, 0.15) is 11.5 Å². The monoisotopic (exact) mass is 584 g/mol. The first-order valence-electron chi connectivity index (χ1n) is 16.0. The van der Waals surface area contributed by atoms with Crippen LogP contribution < -0.4 is 11.1 Å². The topological polar surface area (TPSA) is 92.4 Å². The summed E-state index contributed by atoms with van der Waals surface area (Å²) in [6, 6.07) is 22.9. The van der Waals surface area contributed by atoms with Crippen LogP contribution in [0.3, 0.4) is 0 Å². The number of nitrogens with two attached hydrogens (primary N) is 1. The molecule has 0 heterocycles. The molecule has 44 heavy (non-hydrogen) atoms. The summed E-state index contributed by atoms with van der Waals surface area (Å²) in [6.45, 7) is 4.34. The summed E-state index contributed by atoms with van der Waals surface area (Å²) in [5.41, 5.74) is 13.7. The van der Waals surface area contributed by atoms with E-state index in [9.17, 15) is 14.7 Å². The number of benzene rings is 4. The van der Waals surface area contributed by atoms with E-state index in [2.05, 4.69) is 31.3 Å². The molecule has 0 aliphatic heterocycles. The van der Waals surface area contributed by atoms with Crippen LogP contribution in [0, 0.1) is 24.7 Å². The number of ketones is 1. The average molecular weight is 585 g/mol. The van der Waals surface area contributed by atoms with Gasteiger partial charge in [-0.15, -0.1) is 0 Å². The van der Waals surface area contributed by atoms with Gasteiger partial charge < -0.3 is 16.2 Å². The number of rotatable bonds is 7. The molecule has 1 amide bonds. The van der Waals surface area contributed by atoms with E-state index < -0.39 is 0 Å². The molecule has 224 valence electrons. The van der Waals surface area contributed by atoms with E-state index in [1.807, 2.05) is 42.5 Å². The van der Waals surface area contributed by atoms with Gasteiger partial charge in [0.15, 0.2) is 0 Å². The molecule has 5 heteroatoms. The number of hydrogen-bond donors (Lipinski definition) is 3. The number of nitrogens with one attached hydrogen (secondary N) is 1. The van der Waals surface area contributed by atoms with Crippen molar-refractivity contribution in [2.75, 3.05) is 11.1 Å². The zero-order valence-corrected chi connectivity index (χ0v) is 25.5. The minimum Gasteiger partial charge on any atom is -0.507 e. The second-order valence-electron chi connectivity index (χ2n) is 13.3. The lowest BCUT2D eigenvalue weighted by molar-refractivity contribution is -0.127. The smallest absolute Gasteiger partial charge is 0.255 e. The van der Waals surface area contributed by atoms with Crippen LogP contribution in [0.15, 0.2) is 78.9 Å². The third kappa shape index (κ3) is 5.29. The molecule has 0 saturated heterocycles. The number of allylic oxidation sites excluding steroid dienone is 2. The third-order valence-corrected chi connectivity index (χ3v) is 10.3. The lowest BCUT2D eigenvalue weighted by atomic mass is 9.65. The van der Waals surface area contributed by atoms with Crippen molar-refractivity contribution >= 4 is 39.4 Å². The molecule has 1 saturated carbocycles. The van der Waals surface area contributed by atoms with Crippen LogP contribution in [0.1, 0.15) is 89.9 Å². The molecule has 7 rings (SSSR count). The van der Waals surface area contributed by atoms with Crippen LogP contribution in [0.25, 0.3) is 16.3 Å². The SMILES string of the molecule is Cc1cccc2c(O)cc3c(c12)[C@H](CC1CC1)CC(C(=O)C1CC=C(c2ccc(NC(=O)c4ccc(N)cc4)cc2)C1)[C@@H]3C. The van der Waals surface area contributed by atoms with E-state index >= 15 is 0 Å². The van der Waals surface area contributed by atoms with Crippen molar-refractivity contribution < 1.29 is 14.7 Å². The highest BCUT2D eigenvalue weighted by atomic mass is 16.3. The number of fused-ring (bicyclic) bond motifs is 3. The summed E-state index contributed by atoms with van der Waals surface area (Å²) >= 11 is 0. The Kier molecular flexibility index (Phi) is 7.28. The molecule has 3 aliphatic carbocycles. The van der Waals surface area contributed by atoms with Crippen LogP contribution in [0.4, 0.5) is 11.4 Å². The number of phenolic OH excluding ortho intramolecular Hbond substituents is 1. The minimum absolute atomic E-state index is 0.0266. The number of carbonyl (C=O) groups excluding carboxylic acids is 2. The first-order chi connectivity index (χ1) is 21.3. The minimum atomic E-state index is -0.178. The normalized spacial score (nSPS) is 22.8. The predicted molar refractivity (Wildman–Crippen MR) is 178 cm³/mol. The molecular formula is C39H40N2O3. The number of carbonyl (C=O) groups is 2. The van der Waals surface area contributed by atoms with Crippen LogP contribution in [-0.2, 0) is 4.79 Å². The molecule has 4 aromatic carbocycles. The standard InChI is InChI=1S/C39H40N2O3/c1-22-4-3-5-32-35(42)21-33-23(2)34(20-29(18-24-6-7-24)37(33)36(22)32)38(43)28-9-8-27(19-28)25-12-16-31(17-13-25)41-39(44)26-10-14-30(40)15-11-26/h3-5,8,10-17,21,23-24,28-29,34,42H,6-7,9,18-20,40H2,1-2H3,(H,41,44)/t23-,28?,29-,34?/m1/s1. The number of aryl methyl sites for hydroxylation is 1. The highest BCUT2D eigenvalue weighted by molar-refractivity contribution is 6.04. The molecule has 0 spiro atoms. The van der Waals surface area contributed by atoms with Gasteiger partial charge in [0.2, 0.25) is 0 Å². The summed E-state index contributed by atoms with van der Waals surface area (Å²) in [6.07, 6.45) is 8.32. The quantitative estimate of drug-likeness (QED) is 0.189. The molecule has 0 bridgehead atoms. The Morgan fingerprint density at radius 2 is 1.75 bits per heavy atom. The molecule has 1 fully saturated rings. The fraction of sp³-hybridized carbons (Fsp3) is 0.333. The van der Waals surface area contributed by atoms with Gasteiger partial charge >= 0.3 is 0 Å². The Morgan fingerprint density at radius 3 is 2.48 bits per heavy atom. The maximum absolute atomic E-state index is 14.2. The first kappa shape index (κ1) is 28.4. The molecule has 0 radical (unpaired) electrons. The fourth-order valence-corrected chi connectivity index (χ4v) is 7.76. The van der Waals surface area contributed by atoms with Crippen molar-refractivity contribution in [1.82, 2.24) is 0 Å². The Bertz CT molecular complexity index is 1780. The van der Waals surface area contributed by atoms with Crippen LogP contribution in [0.5, 0.6) is 5.75 Å². The van der Waals surface area contributed by atoms with Crippen LogP contribution in [0.2, 0.25) is 0 Å². The Labute approximate surface area is 259 Å². The molecular weight excluding hydrogens is 544 g/mol. The number of Topliss-reactive ketones (excluding diaryl/α,β-unsaturated/α-hetero) is 1. The summed E-state index contributed by atoms with van der Waals surface area (Å²) < 4.78 is 0. The maximum atomic E-state index is 14.2. The molecule has 2 unspecified atom stereocenters. The third-order valence-electron chi connectivity index (χ3n) is 10.3. The highest BCUT2D eigenvalue weighted by Crippen LogP contribution is 2.53. The zero-order chi connectivity index (χ0) is 30.5. The number of phenols is 1. The molecule has 5 nitrogen and oxygen atoms in total. The number of nitrogen functional groups attached to an aromatic ring is 1. The molecule has 4 N–H and O–H groups in total.